The summed E-state index contributed by atoms with van der Waals surface area (Å²) in [5.41, 5.74) is -2.40. The Balaban J connectivity index is 5.38. The number of hydrogen-bond acceptors (Lipinski definition) is 5. The zero-order valence-electron chi connectivity index (χ0n) is 6.63. The van der Waals surface area contributed by atoms with Gasteiger partial charge in [-0.25, -0.2) is 19.3 Å². The molecule has 0 aromatic carbocycles. The van der Waals surface area contributed by atoms with Gasteiger partial charge in [0.1, 0.15) is 6.61 Å². The monoisotopic (exact) mass is 206 g/mol. The summed E-state index contributed by atoms with van der Waals surface area (Å²) in [6, 6.07) is 0. The van der Waals surface area contributed by atoms with E-state index in [0.29, 0.717) is 0 Å². The van der Waals surface area contributed by atoms with Crippen molar-refractivity contribution in [2.75, 3.05) is 6.61 Å². The number of carbonyl (C=O) groups is 3. The van der Waals surface area contributed by atoms with E-state index in [4.69, 9.17) is 20.6 Å². The molecule has 8 nitrogen and oxygen atoms in total. The second-order valence-corrected chi connectivity index (χ2v) is 2.04. The van der Waals surface area contributed by atoms with Crippen molar-refractivity contribution in [2.24, 2.45) is 0 Å². The van der Waals surface area contributed by atoms with Crippen molar-refractivity contribution in [1.29, 1.82) is 0 Å². The van der Waals surface area contributed by atoms with Gasteiger partial charge in [0.15, 0.2) is 5.57 Å². The van der Waals surface area contributed by atoms with Gasteiger partial charge in [0.2, 0.25) is 0 Å². The molecule has 0 aromatic rings. The minimum atomic E-state index is -1.92. The predicted octanol–water partition coefficient (Wildman–Crippen LogP) is -0.974. The molecule has 0 heterocycles. The van der Waals surface area contributed by atoms with E-state index in [9.17, 15) is 14.4 Å². The van der Waals surface area contributed by atoms with E-state index in [2.05, 4.69) is 4.89 Å². The first-order valence-corrected chi connectivity index (χ1v) is 3.11. The molecule has 0 saturated heterocycles. The topological polar surface area (TPSA) is 141 Å². The van der Waals surface area contributed by atoms with Gasteiger partial charge in [-0.05, 0) is 0 Å². The summed E-state index contributed by atoms with van der Waals surface area (Å²) in [6.45, 7) is -1.02. The molecular weight excluding hydrogens is 200 g/mol. The third-order valence-corrected chi connectivity index (χ3v) is 1.20. The van der Waals surface area contributed by atoms with Crippen molar-refractivity contribution in [3.05, 3.63) is 11.1 Å². The first-order chi connectivity index (χ1) is 6.41. The highest BCUT2D eigenvalue weighted by Crippen LogP contribution is 2.06. The number of carboxylic acid groups (broad SMARTS) is 3. The van der Waals surface area contributed by atoms with E-state index in [-0.39, 0.29) is 0 Å². The zero-order chi connectivity index (χ0) is 11.3. The average molecular weight is 206 g/mol. The number of carboxylic acids is 3. The first-order valence-electron chi connectivity index (χ1n) is 3.11. The van der Waals surface area contributed by atoms with Crippen molar-refractivity contribution in [2.45, 2.75) is 0 Å². The lowest BCUT2D eigenvalue weighted by Gasteiger charge is -2.02. The third kappa shape index (κ3) is 2.84. The molecular formula is C6H6O8. The molecule has 0 unspecified atom stereocenters. The second kappa shape index (κ2) is 4.94. The maximum atomic E-state index is 10.4. The van der Waals surface area contributed by atoms with E-state index in [1.165, 1.54) is 0 Å². The van der Waals surface area contributed by atoms with Gasteiger partial charge < -0.3 is 15.3 Å². The fraction of sp³-hybridized carbons (Fsp3) is 0.167. The van der Waals surface area contributed by atoms with E-state index in [1.807, 2.05) is 0 Å². The maximum absolute atomic E-state index is 10.4. The van der Waals surface area contributed by atoms with Gasteiger partial charge >= 0.3 is 17.9 Å². The quantitative estimate of drug-likeness (QED) is 0.148. The normalized spacial score (nSPS) is 9.21. The van der Waals surface area contributed by atoms with Crippen LogP contribution in [0.5, 0.6) is 0 Å². The lowest BCUT2D eigenvalue weighted by atomic mass is 10.1. The van der Waals surface area contributed by atoms with Crippen LogP contribution in [0.2, 0.25) is 0 Å². The summed E-state index contributed by atoms with van der Waals surface area (Å²) in [5.74, 6) is -5.64. The number of aliphatic carboxylic acids is 3. The van der Waals surface area contributed by atoms with Crippen LogP contribution in [0, 0.1) is 0 Å². The van der Waals surface area contributed by atoms with Crippen LogP contribution in [-0.4, -0.2) is 45.1 Å². The molecule has 14 heavy (non-hydrogen) atoms. The van der Waals surface area contributed by atoms with Crippen LogP contribution < -0.4 is 0 Å². The molecule has 0 rings (SSSR count). The lowest BCUT2D eigenvalue weighted by molar-refractivity contribution is -0.234. The Morgan fingerprint density at radius 2 is 1.36 bits per heavy atom. The Kier molecular flexibility index (Phi) is 4.26. The van der Waals surface area contributed by atoms with Gasteiger partial charge in [0.25, 0.3) is 0 Å². The van der Waals surface area contributed by atoms with Crippen molar-refractivity contribution >= 4 is 17.9 Å². The molecule has 0 amide bonds. The third-order valence-electron chi connectivity index (χ3n) is 1.20. The summed E-state index contributed by atoms with van der Waals surface area (Å²) < 4.78 is 0. The summed E-state index contributed by atoms with van der Waals surface area (Å²) in [4.78, 5) is 34.4. The van der Waals surface area contributed by atoms with Crippen molar-refractivity contribution in [3.63, 3.8) is 0 Å². The molecule has 0 spiro atoms. The molecule has 0 aliphatic rings. The van der Waals surface area contributed by atoms with Crippen LogP contribution in [0.1, 0.15) is 0 Å². The van der Waals surface area contributed by atoms with E-state index >= 15 is 0 Å². The van der Waals surface area contributed by atoms with Gasteiger partial charge in [-0.3, -0.25) is 5.26 Å². The van der Waals surface area contributed by atoms with Gasteiger partial charge in [-0.1, -0.05) is 0 Å². The predicted molar refractivity (Wildman–Crippen MR) is 38.5 cm³/mol. The van der Waals surface area contributed by atoms with Gasteiger partial charge in [0, 0.05) is 0 Å². The summed E-state index contributed by atoms with van der Waals surface area (Å²) in [6.07, 6.45) is 0. The Morgan fingerprint density at radius 3 is 1.57 bits per heavy atom. The van der Waals surface area contributed by atoms with Crippen LogP contribution >= 0.6 is 0 Å². The smallest absolute Gasteiger partial charge is 0.343 e. The fourth-order valence-corrected chi connectivity index (χ4v) is 0.655. The standard InChI is InChI=1S/C6H6O8/c7-4(8)2(1-14-13)3(5(9)10)6(11)12/h13H,1H2,(H,7,8)(H,9,10)(H,11,12). The van der Waals surface area contributed by atoms with Crippen LogP contribution in [0.25, 0.3) is 0 Å². The molecule has 0 saturated carbocycles. The summed E-state index contributed by atoms with van der Waals surface area (Å²) >= 11 is 0. The first kappa shape index (κ1) is 12.1. The molecule has 0 atom stereocenters. The van der Waals surface area contributed by atoms with E-state index in [0.717, 1.165) is 0 Å². The number of hydrogen-bond donors (Lipinski definition) is 4. The molecule has 8 heteroatoms. The summed E-state index contributed by atoms with van der Waals surface area (Å²) in [5, 5.41) is 33.0. The molecule has 0 fully saturated rings. The Hall–Kier alpha value is -1.93. The second-order valence-electron chi connectivity index (χ2n) is 2.04. The number of rotatable bonds is 5. The SMILES string of the molecule is O=C(O)C(COO)=C(C(=O)O)C(=O)O. The Labute approximate surface area is 76.6 Å². The Morgan fingerprint density at radius 1 is 0.929 bits per heavy atom. The Bertz CT molecular complexity index is 285. The van der Waals surface area contributed by atoms with Crippen LogP contribution in [-0.2, 0) is 19.3 Å². The van der Waals surface area contributed by atoms with Crippen LogP contribution in [0.4, 0.5) is 0 Å². The summed E-state index contributed by atoms with van der Waals surface area (Å²) in [7, 11) is 0. The minimum absolute atomic E-state index is 1.02. The fourth-order valence-electron chi connectivity index (χ4n) is 0.655. The van der Waals surface area contributed by atoms with Gasteiger partial charge in [-0.15, -0.1) is 0 Å². The van der Waals surface area contributed by atoms with Crippen LogP contribution in [0.3, 0.4) is 0 Å². The van der Waals surface area contributed by atoms with Gasteiger partial charge in [-0.2, -0.15) is 0 Å². The molecule has 0 aromatic heterocycles. The zero-order valence-corrected chi connectivity index (χ0v) is 6.63. The molecule has 0 bridgehead atoms. The van der Waals surface area contributed by atoms with Crippen molar-refractivity contribution in [3.8, 4) is 0 Å². The molecule has 0 aliphatic carbocycles. The molecule has 78 valence electrons. The van der Waals surface area contributed by atoms with Gasteiger partial charge in [0.05, 0.1) is 5.57 Å². The minimum Gasteiger partial charge on any atom is -0.478 e. The van der Waals surface area contributed by atoms with Crippen molar-refractivity contribution in [1.82, 2.24) is 0 Å². The molecule has 0 radical (unpaired) electrons. The highest BCUT2D eigenvalue weighted by molar-refractivity contribution is 6.17. The molecule has 4 N–H and O–H groups in total. The maximum Gasteiger partial charge on any atom is 0.343 e. The van der Waals surface area contributed by atoms with Crippen molar-refractivity contribution < 1.29 is 39.8 Å². The molecule has 0 aliphatic heterocycles. The van der Waals surface area contributed by atoms with E-state index in [1.54, 1.807) is 0 Å². The average Bonchev–Trinajstić information content (AvgIpc) is 2.01. The van der Waals surface area contributed by atoms with E-state index < -0.39 is 35.7 Å². The highest BCUT2D eigenvalue weighted by atomic mass is 17.1. The highest BCUT2D eigenvalue weighted by Gasteiger charge is 2.26. The largest absolute Gasteiger partial charge is 0.478 e. The van der Waals surface area contributed by atoms with Crippen LogP contribution in [0.15, 0.2) is 11.1 Å². The lowest BCUT2D eigenvalue weighted by Crippen LogP contribution is -2.21.